The molecule has 138 valence electrons. The highest BCUT2D eigenvalue weighted by Gasteiger charge is 2.30. The number of alkyl halides is 3. The molecule has 0 aliphatic heterocycles. The summed E-state index contributed by atoms with van der Waals surface area (Å²) in [5.74, 6) is -0.194. The number of benzene rings is 1. The third-order valence-corrected chi connectivity index (χ3v) is 3.63. The molecule has 0 fully saturated rings. The average molecular weight is 367 g/mol. The molecule has 1 aromatic carbocycles. The molecule has 2 atom stereocenters. The summed E-state index contributed by atoms with van der Waals surface area (Å²) in [5.41, 5.74) is 5.45. The average Bonchev–Trinajstić information content (AvgIpc) is 2.45. The van der Waals surface area contributed by atoms with Crippen LogP contribution in [0.3, 0.4) is 0 Å². The molecule has 1 rings (SSSR count). The fourth-order valence-electron chi connectivity index (χ4n) is 2.45. The van der Waals surface area contributed by atoms with Crippen molar-refractivity contribution < 1.29 is 18.0 Å². The molecule has 1 amide bonds. The Bertz CT molecular complexity index is 521. The molecule has 1 aromatic rings. The Morgan fingerprint density at radius 3 is 2.38 bits per heavy atom. The minimum Gasteiger partial charge on any atom is -0.352 e. The summed E-state index contributed by atoms with van der Waals surface area (Å²) in [6, 6.07) is 4.99. The SMILES string of the molecule is CC(C)CC(CN)NC(=O)C(C)Cc1cccc(C(F)(F)F)c1.Cl. The zero-order valence-corrected chi connectivity index (χ0v) is 15.0. The number of nitrogens with two attached hydrogens (primary N) is 1. The van der Waals surface area contributed by atoms with Gasteiger partial charge >= 0.3 is 6.18 Å². The van der Waals surface area contributed by atoms with Gasteiger partial charge in [0.2, 0.25) is 5.91 Å². The molecular weight excluding hydrogens is 341 g/mol. The van der Waals surface area contributed by atoms with Crippen LogP contribution in [-0.4, -0.2) is 18.5 Å². The van der Waals surface area contributed by atoms with Crippen molar-refractivity contribution in [3.8, 4) is 0 Å². The van der Waals surface area contributed by atoms with Crippen LogP contribution in [0.1, 0.15) is 38.3 Å². The van der Waals surface area contributed by atoms with Crippen molar-refractivity contribution in [1.29, 1.82) is 0 Å². The van der Waals surface area contributed by atoms with E-state index in [2.05, 4.69) is 5.32 Å². The van der Waals surface area contributed by atoms with Crippen LogP contribution >= 0.6 is 12.4 Å². The number of amides is 1. The van der Waals surface area contributed by atoms with Gasteiger partial charge in [0.25, 0.3) is 0 Å². The van der Waals surface area contributed by atoms with Crippen molar-refractivity contribution in [2.24, 2.45) is 17.6 Å². The number of rotatable bonds is 7. The van der Waals surface area contributed by atoms with Crippen molar-refractivity contribution in [2.75, 3.05) is 6.54 Å². The van der Waals surface area contributed by atoms with Gasteiger partial charge in [-0.2, -0.15) is 13.2 Å². The van der Waals surface area contributed by atoms with Gasteiger partial charge in [-0.15, -0.1) is 12.4 Å². The molecule has 0 spiro atoms. The Morgan fingerprint density at radius 2 is 1.88 bits per heavy atom. The lowest BCUT2D eigenvalue weighted by atomic mass is 9.97. The minimum absolute atomic E-state index is 0. The van der Waals surface area contributed by atoms with E-state index in [0.717, 1.165) is 18.6 Å². The summed E-state index contributed by atoms with van der Waals surface area (Å²) in [7, 11) is 0. The lowest BCUT2D eigenvalue weighted by molar-refractivity contribution is -0.137. The van der Waals surface area contributed by atoms with Crippen molar-refractivity contribution in [2.45, 2.75) is 45.8 Å². The number of halogens is 4. The quantitative estimate of drug-likeness (QED) is 0.771. The first-order valence-electron chi connectivity index (χ1n) is 7.80. The number of nitrogens with one attached hydrogen (secondary N) is 1. The van der Waals surface area contributed by atoms with Crippen LogP contribution in [0.2, 0.25) is 0 Å². The van der Waals surface area contributed by atoms with Gasteiger partial charge in [0.1, 0.15) is 0 Å². The third kappa shape index (κ3) is 7.53. The van der Waals surface area contributed by atoms with Crippen LogP contribution in [0.15, 0.2) is 24.3 Å². The van der Waals surface area contributed by atoms with E-state index in [1.165, 1.54) is 6.07 Å². The van der Waals surface area contributed by atoms with Crippen molar-refractivity contribution in [3.05, 3.63) is 35.4 Å². The van der Waals surface area contributed by atoms with Gasteiger partial charge in [-0.25, -0.2) is 0 Å². The van der Waals surface area contributed by atoms with E-state index in [0.29, 0.717) is 18.0 Å². The maximum atomic E-state index is 12.7. The monoisotopic (exact) mass is 366 g/mol. The van der Waals surface area contributed by atoms with Gasteiger partial charge in [-0.05, 0) is 30.4 Å². The molecule has 0 saturated heterocycles. The molecular formula is C17H26ClF3N2O. The Hall–Kier alpha value is -1.27. The second kappa shape index (κ2) is 9.89. The molecule has 0 aliphatic carbocycles. The second-order valence-corrected chi connectivity index (χ2v) is 6.37. The molecule has 7 heteroatoms. The summed E-state index contributed by atoms with van der Waals surface area (Å²) in [6.07, 6.45) is -3.34. The molecule has 0 radical (unpaired) electrons. The fraction of sp³-hybridized carbons (Fsp3) is 0.588. The minimum atomic E-state index is -4.37. The van der Waals surface area contributed by atoms with Crippen molar-refractivity contribution in [3.63, 3.8) is 0 Å². The van der Waals surface area contributed by atoms with E-state index in [4.69, 9.17) is 5.73 Å². The predicted octanol–water partition coefficient (Wildman–Crippen LogP) is 3.80. The predicted molar refractivity (Wildman–Crippen MR) is 92.0 cm³/mol. The van der Waals surface area contributed by atoms with Gasteiger partial charge in [-0.1, -0.05) is 39.0 Å². The van der Waals surface area contributed by atoms with Crippen LogP contribution in [0.5, 0.6) is 0 Å². The van der Waals surface area contributed by atoms with Gasteiger partial charge in [-0.3, -0.25) is 4.79 Å². The van der Waals surface area contributed by atoms with Gasteiger partial charge in [0, 0.05) is 18.5 Å². The lowest BCUT2D eigenvalue weighted by Crippen LogP contribution is -2.43. The zero-order valence-electron chi connectivity index (χ0n) is 14.2. The van der Waals surface area contributed by atoms with E-state index >= 15 is 0 Å². The van der Waals surface area contributed by atoms with Gasteiger partial charge < -0.3 is 11.1 Å². The lowest BCUT2D eigenvalue weighted by Gasteiger charge is -2.21. The number of hydrogen-bond donors (Lipinski definition) is 2. The summed E-state index contributed by atoms with van der Waals surface area (Å²) in [4.78, 5) is 12.2. The zero-order chi connectivity index (χ0) is 17.6. The van der Waals surface area contributed by atoms with Crippen LogP contribution in [-0.2, 0) is 17.4 Å². The number of carbonyl (C=O) groups excluding carboxylic acids is 1. The Morgan fingerprint density at radius 1 is 1.25 bits per heavy atom. The summed E-state index contributed by atoms with van der Waals surface area (Å²) in [6.45, 7) is 6.14. The Labute approximate surface area is 147 Å². The number of hydrogen-bond acceptors (Lipinski definition) is 2. The first-order chi connectivity index (χ1) is 10.6. The topological polar surface area (TPSA) is 55.1 Å². The van der Waals surface area contributed by atoms with E-state index in [1.807, 2.05) is 13.8 Å². The highest BCUT2D eigenvalue weighted by atomic mass is 35.5. The van der Waals surface area contributed by atoms with E-state index < -0.39 is 17.7 Å². The molecule has 3 nitrogen and oxygen atoms in total. The highest BCUT2D eigenvalue weighted by molar-refractivity contribution is 5.85. The molecule has 0 aliphatic rings. The van der Waals surface area contributed by atoms with Crippen molar-refractivity contribution in [1.82, 2.24) is 5.32 Å². The third-order valence-electron chi connectivity index (χ3n) is 3.63. The first kappa shape index (κ1) is 22.7. The molecule has 0 aromatic heterocycles. The maximum absolute atomic E-state index is 12.7. The molecule has 3 N–H and O–H groups in total. The molecule has 2 unspecified atom stereocenters. The Balaban J connectivity index is 0.00000529. The van der Waals surface area contributed by atoms with Crippen molar-refractivity contribution >= 4 is 18.3 Å². The van der Waals surface area contributed by atoms with Gasteiger partial charge in [0.05, 0.1) is 5.56 Å². The first-order valence-corrected chi connectivity index (χ1v) is 7.80. The van der Waals surface area contributed by atoms with E-state index in [-0.39, 0.29) is 30.8 Å². The number of carbonyl (C=O) groups is 1. The Kier molecular flexibility index (Phi) is 9.37. The second-order valence-electron chi connectivity index (χ2n) is 6.37. The normalized spacial score (nSPS) is 14.0. The van der Waals surface area contributed by atoms with Crippen LogP contribution < -0.4 is 11.1 Å². The smallest absolute Gasteiger partial charge is 0.352 e. The summed E-state index contributed by atoms with van der Waals surface area (Å²) < 4.78 is 38.1. The summed E-state index contributed by atoms with van der Waals surface area (Å²) >= 11 is 0. The van der Waals surface area contributed by atoms with E-state index in [9.17, 15) is 18.0 Å². The van der Waals surface area contributed by atoms with Crippen LogP contribution in [0, 0.1) is 11.8 Å². The van der Waals surface area contributed by atoms with Crippen LogP contribution in [0.4, 0.5) is 13.2 Å². The van der Waals surface area contributed by atoms with Gasteiger partial charge in [0.15, 0.2) is 0 Å². The van der Waals surface area contributed by atoms with Crippen LogP contribution in [0.25, 0.3) is 0 Å². The highest BCUT2D eigenvalue weighted by Crippen LogP contribution is 2.30. The molecule has 0 saturated carbocycles. The van der Waals surface area contributed by atoms with E-state index in [1.54, 1.807) is 13.0 Å². The molecule has 0 heterocycles. The molecule has 24 heavy (non-hydrogen) atoms. The largest absolute Gasteiger partial charge is 0.416 e. The summed E-state index contributed by atoms with van der Waals surface area (Å²) in [5, 5.41) is 2.88. The fourth-order valence-corrected chi connectivity index (χ4v) is 2.45. The molecule has 0 bridgehead atoms. The standard InChI is InChI=1S/C17H25F3N2O.ClH/c1-11(2)7-15(10-21)22-16(23)12(3)8-13-5-4-6-14(9-13)17(18,19)20;/h4-6,9,11-12,15H,7-8,10,21H2,1-3H3,(H,22,23);1H. The maximum Gasteiger partial charge on any atom is 0.416 e.